The molecule has 1 fully saturated rings. The molecule has 0 saturated heterocycles. The number of nitrogens with zero attached hydrogens (tertiary/aromatic N) is 2. The summed E-state index contributed by atoms with van der Waals surface area (Å²) in [6.45, 7) is 2.02. The van der Waals surface area contributed by atoms with E-state index in [2.05, 4.69) is 21.4 Å². The summed E-state index contributed by atoms with van der Waals surface area (Å²) < 4.78 is 0. The van der Waals surface area contributed by atoms with Crippen molar-refractivity contribution in [2.75, 3.05) is 11.6 Å². The quantitative estimate of drug-likeness (QED) is 0.653. The monoisotopic (exact) mass is 249 g/mol. The van der Waals surface area contributed by atoms with Crippen LogP contribution in [0, 0.1) is 0 Å². The number of allylic oxidation sites excluding steroid dienone is 1. The zero-order chi connectivity index (χ0) is 12.1. The Morgan fingerprint density at radius 3 is 2.82 bits per heavy atom. The third-order valence-corrected chi connectivity index (χ3v) is 3.58. The highest BCUT2D eigenvalue weighted by Crippen LogP contribution is 2.24. The summed E-state index contributed by atoms with van der Waals surface area (Å²) in [6.07, 6.45) is 13.2. The maximum absolute atomic E-state index is 4.56. The Morgan fingerprint density at radius 1 is 1.41 bits per heavy atom. The Labute approximate surface area is 107 Å². The third-order valence-electron chi connectivity index (χ3n) is 3.02. The van der Waals surface area contributed by atoms with Gasteiger partial charge in [0.05, 0.1) is 0 Å². The standard InChI is InChI=1S/C13H19N3S/c1-3-6-10-9-14-13(17-2)16-12(10)15-11-7-4-5-8-11/h3,6,9,11H,4-5,7-8H2,1-2H3,(H,14,15,16)/b6-3+. The summed E-state index contributed by atoms with van der Waals surface area (Å²) in [5.41, 5.74) is 1.08. The van der Waals surface area contributed by atoms with Gasteiger partial charge in [-0.2, -0.15) is 0 Å². The Bertz CT molecular complexity index is 398. The minimum Gasteiger partial charge on any atom is -0.367 e. The van der Waals surface area contributed by atoms with Crippen molar-refractivity contribution in [1.29, 1.82) is 0 Å². The molecule has 1 saturated carbocycles. The predicted molar refractivity (Wildman–Crippen MR) is 74.4 cm³/mol. The fraction of sp³-hybridized carbons (Fsp3) is 0.538. The average Bonchev–Trinajstić information content (AvgIpc) is 2.84. The molecule has 4 heteroatoms. The lowest BCUT2D eigenvalue weighted by Gasteiger charge is -2.15. The largest absolute Gasteiger partial charge is 0.367 e. The van der Waals surface area contributed by atoms with E-state index in [9.17, 15) is 0 Å². The zero-order valence-electron chi connectivity index (χ0n) is 10.4. The number of nitrogens with one attached hydrogen (secondary N) is 1. The summed E-state index contributed by atoms with van der Waals surface area (Å²) in [4.78, 5) is 8.87. The highest BCUT2D eigenvalue weighted by Gasteiger charge is 2.16. The van der Waals surface area contributed by atoms with Crippen LogP contribution in [0.3, 0.4) is 0 Å². The van der Waals surface area contributed by atoms with Crippen LogP contribution in [0.2, 0.25) is 0 Å². The minimum atomic E-state index is 0.587. The molecule has 1 aliphatic rings. The number of thioether (sulfide) groups is 1. The number of rotatable bonds is 4. The highest BCUT2D eigenvalue weighted by molar-refractivity contribution is 7.98. The van der Waals surface area contributed by atoms with E-state index in [1.165, 1.54) is 25.7 Å². The lowest BCUT2D eigenvalue weighted by atomic mass is 10.2. The van der Waals surface area contributed by atoms with Gasteiger partial charge in [-0.05, 0) is 26.0 Å². The molecule has 0 atom stereocenters. The van der Waals surface area contributed by atoms with Gasteiger partial charge in [0, 0.05) is 17.8 Å². The number of hydrogen-bond donors (Lipinski definition) is 1. The maximum Gasteiger partial charge on any atom is 0.189 e. The molecule has 92 valence electrons. The van der Waals surface area contributed by atoms with E-state index >= 15 is 0 Å². The average molecular weight is 249 g/mol. The SMILES string of the molecule is C/C=C/c1cnc(SC)nc1NC1CCCC1. The first kappa shape index (κ1) is 12.4. The molecule has 0 bridgehead atoms. The van der Waals surface area contributed by atoms with Crippen molar-refractivity contribution >= 4 is 23.7 Å². The molecule has 3 nitrogen and oxygen atoms in total. The van der Waals surface area contributed by atoms with Crippen LogP contribution in [0.25, 0.3) is 6.08 Å². The molecule has 0 aromatic carbocycles. The summed E-state index contributed by atoms with van der Waals surface area (Å²) in [6, 6.07) is 0.587. The van der Waals surface area contributed by atoms with Gasteiger partial charge in [-0.1, -0.05) is 36.8 Å². The summed E-state index contributed by atoms with van der Waals surface area (Å²) in [5, 5.41) is 4.39. The van der Waals surface area contributed by atoms with Crippen molar-refractivity contribution < 1.29 is 0 Å². The van der Waals surface area contributed by atoms with Crippen LogP contribution in [0.15, 0.2) is 17.4 Å². The van der Waals surface area contributed by atoms with E-state index in [1.807, 2.05) is 25.5 Å². The van der Waals surface area contributed by atoms with Gasteiger partial charge in [0.2, 0.25) is 0 Å². The normalized spacial score (nSPS) is 16.8. The van der Waals surface area contributed by atoms with Gasteiger partial charge in [0.1, 0.15) is 5.82 Å². The molecule has 1 N–H and O–H groups in total. The second-order valence-electron chi connectivity index (χ2n) is 4.29. The zero-order valence-corrected chi connectivity index (χ0v) is 11.3. The molecule has 17 heavy (non-hydrogen) atoms. The van der Waals surface area contributed by atoms with Crippen LogP contribution in [0.1, 0.15) is 38.2 Å². The van der Waals surface area contributed by atoms with Crippen LogP contribution < -0.4 is 5.32 Å². The Hall–Kier alpha value is -1.03. The first-order valence-corrected chi connectivity index (χ1v) is 7.36. The van der Waals surface area contributed by atoms with Gasteiger partial charge in [-0.25, -0.2) is 9.97 Å². The molecule has 1 aromatic rings. The van der Waals surface area contributed by atoms with E-state index < -0.39 is 0 Å². The van der Waals surface area contributed by atoms with Crippen molar-refractivity contribution in [1.82, 2.24) is 9.97 Å². The van der Waals surface area contributed by atoms with Crippen LogP contribution in [0.5, 0.6) is 0 Å². The number of anilines is 1. The van der Waals surface area contributed by atoms with Crippen molar-refractivity contribution in [2.45, 2.75) is 43.8 Å². The molecule has 0 unspecified atom stereocenters. The molecule has 0 amide bonds. The summed E-state index contributed by atoms with van der Waals surface area (Å²) >= 11 is 1.58. The van der Waals surface area contributed by atoms with Crippen LogP contribution in [-0.2, 0) is 0 Å². The van der Waals surface area contributed by atoms with Crippen molar-refractivity contribution in [2.24, 2.45) is 0 Å². The van der Waals surface area contributed by atoms with E-state index in [-0.39, 0.29) is 0 Å². The topological polar surface area (TPSA) is 37.8 Å². The second-order valence-corrected chi connectivity index (χ2v) is 5.06. The molecule has 1 aliphatic carbocycles. The molecule has 0 spiro atoms. The van der Waals surface area contributed by atoms with Gasteiger partial charge >= 0.3 is 0 Å². The maximum atomic E-state index is 4.56. The summed E-state index contributed by atoms with van der Waals surface area (Å²) in [5.74, 6) is 0.981. The molecule has 1 aromatic heterocycles. The molecule has 2 rings (SSSR count). The van der Waals surface area contributed by atoms with E-state index in [4.69, 9.17) is 0 Å². The van der Waals surface area contributed by atoms with Crippen molar-refractivity contribution in [3.05, 3.63) is 17.8 Å². The fourth-order valence-electron chi connectivity index (χ4n) is 2.15. The van der Waals surface area contributed by atoms with Gasteiger partial charge in [0.25, 0.3) is 0 Å². The minimum absolute atomic E-state index is 0.587. The summed E-state index contributed by atoms with van der Waals surface area (Å²) in [7, 11) is 0. The third kappa shape index (κ3) is 3.22. The van der Waals surface area contributed by atoms with Crippen LogP contribution in [0.4, 0.5) is 5.82 Å². The predicted octanol–water partition coefficient (Wildman–Crippen LogP) is 3.59. The number of hydrogen-bond acceptors (Lipinski definition) is 4. The molecule has 1 heterocycles. The Balaban J connectivity index is 2.20. The van der Waals surface area contributed by atoms with E-state index in [0.717, 1.165) is 16.5 Å². The number of aromatic nitrogens is 2. The molecular formula is C13H19N3S. The molecule has 0 radical (unpaired) electrons. The highest BCUT2D eigenvalue weighted by atomic mass is 32.2. The Morgan fingerprint density at radius 2 is 2.18 bits per heavy atom. The van der Waals surface area contributed by atoms with Gasteiger partial charge < -0.3 is 5.32 Å². The smallest absolute Gasteiger partial charge is 0.189 e. The molecule has 0 aliphatic heterocycles. The van der Waals surface area contributed by atoms with Crippen molar-refractivity contribution in [3.63, 3.8) is 0 Å². The van der Waals surface area contributed by atoms with Gasteiger partial charge in [-0.3, -0.25) is 0 Å². The van der Waals surface area contributed by atoms with E-state index in [0.29, 0.717) is 6.04 Å². The Kier molecular flexibility index (Phi) is 4.42. The lowest BCUT2D eigenvalue weighted by molar-refractivity contribution is 0.745. The fourth-order valence-corrected chi connectivity index (χ4v) is 2.49. The van der Waals surface area contributed by atoms with E-state index in [1.54, 1.807) is 11.8 Å². The van der Waals surface area contributed by atoms with Gasteiger partial charge in [-0.15, -0.1) is 0 Å². The second kappa shape index (κ2) is 6.05. The molecular weight excluding hydrogens is 230 g/mol. The first-order chi connectivity index (χ1) is 8.33. The first-order valence-electron chi connectivity index (χ1n) is 6.13. The van der Waals surface area contributed by atoms with Crippen LogP contribution >= 0.6 is 11.8 Å². The lowest BCUT2D eigenvalue weighted by Crippen LogP contribution is -2.16. The van der Waals surface area contributed by atoms with Gasteiger partial charge in [0.15, 0.2) is 5.16 Å². The van der Waals surface area contributed by atoms with Crippen molar-refractivity contribution in [3.8, 4) is 0 Å². The van der Waals surface area contributed by atoms with Crippen LogP contribution in [-0.4, -0.2) is 22.3 Å².